The van der Waals surface area contributed by atoms with Crippen molar-refractivity contribution < 1.29 is 0 Å². The Balaban J connectivity index is 0.000000213. The molecule has 0 unspecified atom stereocenters. The van der Waals surface area contributed by atoms with Gasteiger partial charge in [0, 0.05) is 0 Å². The summed E-state index contributed by atoms with van der Waals surface area (Å²) in [5, 5.41) is 0. The molecule has 0 heterocycles. The van der Waals surface area contributed by atoms with Gasteiger partial charge in [0.05, 0.1) is 5.41 Å². The van der Waals surface area contributed by atoms with E-state index in [1.165, 1.54) is 95.4 Å². The number of aryl methyl sites for hydroxylation is 4. The summed E-state index contributed by atoms with van der Waals surface area (Å²) in [4.78, 5) is 0. The van der Waals surface area contributed by atoms with Gasteiger partial charge in [0.2, 0.25) is 0 Å². The average molecular weight is 853 g/mol. The molecule has 0 fully saturated rings. The molecule has 0 nitrogen and oxygen atoms in total. The van der Waals surface area contributed by atoms with Crippen LogP contribution >= 0.6 is 0 Å². The number of fused-ring (bicyclic) bond motifs is 3. The van der Waals surface area contributed by atoms with Crippen LogP contribution < -0.4 is 0 Å². The van der Waals surface area contributed by atoms with E-state index in [4.69, 9.17) is 0 Å². The molecule has 0 aromatic heterocycles. The van der Waals surface area contributed by atoms with E-state index >= 15 is 0 Å². The monoisotopic (exact) mass is 853 g/mol. The van der Waals surface area contributed by atoms with Gasteiger partial charge in [-0.1, -0.05) is 277 Å². The lowest BCUT2D eigenvalue weighted by Gasteiger charge is -2.34. The van der Waals surface area contributed by atoms with E-state index in [-0.39, 0.29) is 12.8 Å². The number of benzene rings is 8. The van der Waals surface area contributed by atoms with Gasteiger partial charge < -0.3 is 0 Å². The smallest absolute Gasteiger partial charge is 0.0713 e. The van der Waals surface area contributed by atoms with Crippen LogP contribution in [0.25, 0.3) is 39.5 Å². The van der Waals surface area contributed by atoms with Crippen LogP contribution in [-0.4, -0.2) is 0 Å². The lowest BCUT2D eigenvalue weighted by molar-refractivity contribution is 0.767. The van der Waals surface area contributed by atoms with E-state index in [2.05, 4.69) is 255 Å². The van der Waals surface area contributed by atoms with Gasteiger partial charge in [-0.05, 0) is 114 Å². The third-order valence-corrected chi connectivity index (χ3v) is 11.4. The zero-order valence-electron chi connectivity index (χ0n) is 40.0. The summed E-state index contributed by atoms with van der Waals surface area (Å²) in [5.74, 6) is 0. The Morgan fingerprint density at radius 1 is 0.415 bits per heavy atom. The fraction of sp³-hybridized carbons (Fsp3) is 0.200. The summed E-state index contributed by atoms with van der Waals surface area (Å²) >= 11 is 0. The summed E-state index contributed by atoms with van der Waals surface area (Å²) in [6, 6.07) is 70.0. The van der Waals surface area contributed by atoms with Crippen LogP contribution in [0, 0.1) is 34.6 Å². The van der Waals surface area contributed by atoms with Gasteiger partial charge in [0.15, 0.2) is 0 Å². The van der Waals surface area contributed by atoms with Crippen molar-refractivity contribution >= 4 is 6.08 Å². The SMILES string of the molecule is C.C/C=C\C=C/c1cccc(C)c1.CC.CCC.Cc1ccc(-c2cccc(-c3ccccc3C)c2C)cc1.Cc1ccc2c(c1)C(c1ccccc1)(c1ccccc1)c1ccccc1-2. The predicted octanol–water partition coefficient (Wildman–Crippen LogP) is 19.0. The van der Waals surface area contributed by atoms with Crippen LogP contribution in [0.15, 0.2) is 212 Å². The second-order valence-corrected chi connectivity index (χ2v) is 16.2. The summed E-state index contributed by atoms with van der Waals surface area (Å²) in [7, 11) is 0. The van der Waals surface area contributed by atoms with E-state index in [1.807, 2.05) is 32.9 Å². The lowest BCUT2D eigenvalue weighted by atomic mass is 9.67. The van der Waals surface area contributed by atoms with Crippen LogP contribution in [0.4, 0.5) is 0 Å². The van der Waals surface area contributed by atoms with Crippen molar-refractivity contribution in [3.05, 3.63) is 268 Å². The fourth-order valence-corrected chi connectivity index (χ4v) is 8.46. The molecule has 0 heteroatoms. The van der Waals surface area contributed by atoms with Crippen molar-refractivity contribution in [2.45, 2.75) is 88.5 Å². The molecular formula is C65H72. The van der Waals surface area contributed by atoms with E-state index in [1.54, 1.807) is 0 Å². The maximum atomic E-state index is 2.37. The van der Waals surface area contributed by atoms with Gasteiger partial charge in [0.1, 0.15) is 0 Å². The maximum absolute atomic E-state index is 2.37. The highest BCUT2D eigenvalue weighted by atomic mass is 14.5. The largest absolute Gasteiger partial charge is 0.0877 e. The van der Waals surface area contributed by atoms with Crippen LogP contribution in [0.1, 0.15) is 104 Å². The van der Waals surface area contributed by atoms with Crippen molar-refractivity contribution in [1.29, 1.82) is 0 Å². The number of rotatable bonds is 6. The molecule has 1 aliphatic rings. The number of hydrogen-bond acceptors (Lipinski definition) is 0. The van der Waals surface area contributed by atoms with E-state index < -0.39 is 0 Å². The number of hydrogen-bond donors (Lipinski definition) is 0. The van der Waals surface area contributed by atoms with E-state index in [0.717, 1.165) is 0 Å². The highest BCUT2D eigenvalue weighted by Crippen LogP contribution is 2.56. The van der Waals surface area contributed by atoms with Crippen molar-refractivity contribution in [2.24, 2.45) is 0 Å². The van der Waals surface area contributed by atoms with Gasteiger partial charge in [-0.25, -0.2) is 0 Å². The Labute approximate surface area is 394 Å². The minimum Gasteiger partial charge on any atom is -0.0877 e. The lowest BCUT2D eigenvalue weighted by Crippen LogP contribution is -2.28. The van der Waals surface area contributed by atoms with Crippen molar-refractivity contribution in [3.8, 4) is 33.4 Å². The molecule has 8 aromatic rings. The highest BCUT2D eigenvalue weighted by Gasteiger charge is 2.45. The molecule has 0 saturated heterocycles. The molecule has 0 N–H and O–H groups in total. The summed E-state index contributed by atoms with van der Waals surface area (Å²) in [6.45, 7) is 21.1. The molecule has 8 aromatic carbocycles. The van der Waals surface area contributed by atoms with Crippen molar-refractivity contribution in [3.63, 3.8) is 0 Å². The first-order valence-corrected chi connectivity index (χ1v) is 23.1. The van der Waals surface area contributed by atoms with E-state index in [9.17, 15) is 0 Å². The Morgan fingerprint density at radius 3 is 1.51 bits per heavy atom. The highest BCUT2D eigenvalue weighted by molar-refractivity contribution is 5.86. The first kappa shape index (κ1) is 50.9. The van der Waals surface area contributed by atoms with Gasteiger partial charge in [0.25, 0.3) is 0 Å². The van der Waals surface area contributed by atoms with E-state index in [0.29, 0.717) is 0 Å². The maximum Gasteiger partial charge on any atom is 0.0713 e. The molecule has 0 bridgehead atoms. The third-order valence-electron chi connectivity index (χ3n) is 11.4. The topological polar surface area (TPSA) is 0 Å². The quantitative estimate of drug-likeness (QED) is 0.146. The summed E-state index contributed by atoms with van der Waals surface area (Å²) < 4.78 is 0. The molecule has 65 heavy (non-hydrogen) atoms. The van der Waals surface area contributed by atoms with Gasteiger partial charge in [-0.3, -0.25) is 0 Å². The van der Waals surface area contributed by atoms with Crippen LogP contribution in [0.5, 0.6) is 0 Å². The van der Waals surface area contributed by atoms with Gasteiger partial charge in [-0.2, -0.15) is 0 Å². The second-order valence-electron chi connectivity index (χ2n) is 16.2. The van der Waals surface area contributed by atoms with Crippen LogP contribution in [-0.2, 0) is 5.41 Å². The minimum absolute atomic E-state index is 0. The molecule has 0 radical (unpaired) electrons. The normalized spacial score (nSPS) is 11.5. The second kappa shape index (κ2) is 25.5. The Bertz CT molecular complexity index is 2670. The first-order valence-electron chi connectivity index (χ1n) is 23.1. The molecule has 0 spiro atoms. The molecule has 9 rings (SSSR count). The molecule has 1 aliphatic carbocycles. The molecule has 332 valence electrons. The molecule has 0 saturated carbocycles. The Morgan fingerprint density at radius 2 is 0.908 bits per heavy atom. The zero-order chi connectivity index (χ0) is 45.9. The number of allylic oxidation sites excluding steroid dienone is 3. The standard InChI is InChI=1S/C26H20.C21H20.C12H14.C3H8.C2H6.CH4/c1-19-16-17-23-22-14-8-9-15-24(22)26(25(23)18-19,20-10-4-2-5-11-20)21-12-6-3-7-13-21;1-15-11-13-18(14-12-15)20-9-6-10-21(17(20)3)19-8-5-4-7-16(19)2;1-3-4-5-8-12-9-6-7-11(2)10-12;1-3-2;1-2;/h2-18H,1H3;4-14H,1-3H3;3-10H,1-2H3;3H2,1-2H3;1-2H3;1H4/b;;4-3-,8-5-;;;. The van der Waals surface area contributed by atoms with Gasteiger partial charge >= 0.3 is 0 Å². The molecular weight excluding hydrogens is 781 g/mol. The van der Waals surface area contributed by atoms with Crippen molar-refractivity contribution in [2.75, 3.05) is 0 Å². The summed E-state index contributed by atoms with van der Waals surface area (Å²) in [5.41, 5.74) is 20.9. The molecule has 0 aliphatic heterocycles. The molecule has 0 atom stereocenters. The summed E-state index contributed by atoms with van der Waals surface area (Å²) in [6.07, 6.45) is 9.45. The van der Waals surface area contributed by atoms with Crippen LogP contribution in [0.2, 0.25) is 0 Å². The fourth-order valence-electron chi connectivity index (χ4n) is 8.46. The average Bonchev–Trinajstić information content (AvgIpc) is 3.62. The van der Waals surface area contributed by atoms with Gasteiger partial charge in [-0.15, -0.1) is 0 Å². The minimum atomic E-state index is -0.263. The van der Waals surface area contributed by atoms with Crippen LogP contribution in [0.3, 0.4) is 0 Å². The third kappa shape index (κ3) is 12.3. The Kier molecular flexibility index (Phi) is 20.0. The predicted molar refractivity (Wildman–Crippen MR) is 289 cm³/mol. The van der Waals surface area contributed by atoms with Crippen molar-refractivity contribution in [1.82, 2.24) is 0 Å². The first-order chi connectivity index (χ1) is 31.2. The molecule has 0 amide bonds. The zero-order valence-corrected chi connectivity index (χ0v) is 40.0. The Hall–Kier alpha value is -6.76.